The summed E-state index contributed by atoms with van der Waals surface area (Å²) in [5, 5.41) is 6.91. The molecule has 0 radical (unpaired) electrons. The van der Waals surface area contributed by atoms with Gasteiger partial charge in [-0.1, -0.05) is 91.0 Å². The molecule has 3 aromatic rings. The highest BCUT2D eigenvalue weighted by molar-refractivity contribution is 5.77. The summed E-state index contributed by atoms with van der Waals surface area (Å²) in [6.45, 7) is 1.33. The Balaban J connectivity index is 1.64. The van der Waals surface area contributed by atoms with Gasteiger partial charge < -0.3 is 10.1 Å². The minimum absolute atomic E-state index is 0.0949. The molecule has 4 heteroatoms. The number of rotatable bonds is 9. The average molecular weight is 374 g/mol. The molecule has 0 aliphatic heterocycles. The molecule has 0 bridgehead atoms. The number of ether oxygens (including phenoxy) is 1. The Morgan fingerprint density at radius 3 is 1.61 bits per heavy atom. The van der Waals surface area contributed by atoms with Gasteiger partial charge in [-0.2, -0.15) is 0 Å². The second-order valence-electron chi connectivity index (χ2n) is 6.53. The van der Waals surface area contributed by atoms with Crippen LogP contribution in [0.15, 0.2) is 91.0 Å². The van der Waals surface area contributed by atoms with Gasteiger partial charge in [0.1, 0.15) is 6.04 Å². The van der Waals surface area contributed by atoms with E-state index in [1.807, 2.05) is 66.7 Å². The number of benzene rings is 3. The van der Waals surface area contributed by atoms with Crippen LogP contribution in [0.2, 0.25) is 0 Å². The van der Waals surface area contributed by atoms with Crippen LogP contribution in [0.3, 0.4) is 0 Å². The van der Waals surface area contributed by atoms with Crippen LogP contribution in [-0.4, -0.2) is 26.2 Å². The molecule has 4 nitrogen and oxygen atoms in total. The molecule has 0 aliphatic rings. The van der Waals surface area contributed by atoms with Crippen molar-refractivity contribution in [3.8, 4) is 0 Å². The van der Waals surface area contributed by atoms with Crippen LogP contribution in [0.1, 0.15) is 28.8 Å². The maximum absolute atomic E-state index is 12.2. The van der Waals surface area contributed by atoms with E-state index in [0.717, 1.165) is 5.56 Å². The van der Waals surface area contributed by atoms with Gasteiger partial charge >= 0.3 is 5.97 Å². The molecule has 3 aromatic carbocycles. The number of carbonyl (C=O) groups is 1. The molecular formula is C24H26N2O2. The molecule has 2 N–H and O–H groups in total. The predicted molar refractivity (Wildman–Crippen MR) is 112 cm³/mol. The molecule has 144 valence electrons. The standard InChI is InChI=1S/C24H26N2O2/c1-28-24(27)23(21-15-9-4-10-16-21)26-18-17-25-22(19-11-5-2-6-12-19)20-13-7-3-8-14-20/h2-16,22-23,25-26H,17-18H2,1H3. The summed E-state index contributed by atoms with van der Waals surface area (Å²) in [5.74, 6) is -0.283. The van der Waals surface area contributed by atoms with E-state index in [1.165, 1.54) is 18.2 Å². The minimum atomic E-state index is -0.472. The minimum Gasteiger partial charge on any atom is -0.468 e. The first-order valence-electron chi connectivity index (χ1n) is 9.49. The highest BCUT2D eigenvalue weighted by Gasteiger charge is 2.20. The molecule has 0 saturated carbocycles. The number of carbonyl (C=O) groups excluding carboxylic acids is 1. The highest BCUT2D eigenvalue weighted by atomic mass is 16.5. The fourth-order valence-corrected chi connectivity index (χ4v) is 3.25. The summed E-state index contributed by atoms with van der Waals surface area (Å²) in [7, 11) is 1.42. The Bertz CT molecular complexity index is 799. The van der Waals surface area contributed by atoms with Gasteiger partial charge in [-0.3, -0.25) is 5.32 Å². The second-order valence-corrected chi connectivity index (χ2v) is 6.53. The van der Waals surface area contributed by atoms with Crippen LogP contribution < -0.4 is 10.6 Å². The summed E-state index contributed by atoms with van der Waals surface area (Å²) in [6, 6.07) is 30.0. The molecule has 1 unspecified atom stereocenters. The van der Waals surface area contributed by atoms with E-state index in [4.69, 9.17) is 4.74 Å². The zero-order valence-corrected chi connectivity index (χ0v) is 16.0. The monoisotopic (exact) mass is 374 g/mol. The van der Waals surface area contributed by atoms with Crippen molar-refractivity contribution in [2.24, 2.45) is 0 Å². The first kappa shape index (κ1) is 19.8. The highest BCUT2D eigenvalue weighted by Crippen LogP contribution is 2.21. The third kappa shape index (κ3) is 5.28. The summed E-state index contributed by atoms with van der Waals surface area (Å²) in [6.07, 6.45) is 0. The van der Waals surface area contributed by atoms with E-state index in [9.17, 15) is 4.79 Å². The Kier molecular flexibility index (Phi) is 7.36. The van der Waals surface area contributed by atoms with Crippen LogP contribution >= 0.6 is 0 Å². The van der Waals surface area contributed by atoms with Crippen molar-refractivity contribution in [2.75, 3.05) is 20.2 Å². The molecule has 1 atom stereocenters. The smallest absolute Gasteiger partial charge is 0.327 e. The van der Waals surface area contributed by atoms with E-state index >= 15 is 0 Å². The molecule has 0 aromatic heterocycles. The topological polar surface area (TPSA) is 50.4 Å². The van der Waals surface area contributed by atoms with Gasteiger partial charge in [-0.15, -0.1) is 0 Å². The number of esters is 1. The Labute approximate surface area is 166 Å². The summed E-state index contributed by atoms with van der Waals surface area (Å²) < 4.78 is 4.96. The van der Waals surface area contributed by atoms with E-state index in [0.29, 0.717) is 13.1 Å². The molecule has 0 spiro atoms. The first-order chi connectivity index (χ1) is 13.8. The van der Waals surface area contributed by atoms with Gasteiger partial charge in [0.15, 0.2) is 0 Å². The molecule has 0 aliphatic carbocycles. The molecule has 0 saturated heterocycles. The SMILES string of the molecule is COC(=O)C(NCCNC(c1ccccc1)c1ccccc1)c1ccccc1. The van der Waals surface area contributed by atoms with Crippen molar-refractivity contribution in [1.82, 2.24) is 10.6 Å². The molecule has 3 rings (SSSR count). The number of hydrogen-bond acceptors (Lipinski definition) is 4. The average Bonchev–Trinajstić information content (AvgIpc) is 2.77. The summed E-state index contributed by atoms with van der Waals surface area (Å²) in [5.41, 5.74) is 3.32. The molecule has 0 fully saturated rings. The van der Waals surface area contributed by atoms with E-state index in [2.05, 4.69) is 34.9 Å². The fraction of sp³-hybridized carbons (Fsp3) is 0.208. The second kappa shape index (κ2) is 10.4. The van der Waals surface area contributed by atoms with Gasteiger partial charge in [0.2, 0.25) is 0 Å². The van der Waals surface area contributed by atoms with E-state index in [-0.39, 0.29) is 12.0 Å². The normalized spacial score (nSPS) is 11.9. The third-order valence-electron chi connectivity index (χ3n) is 4.66. The van der Waals surface area contributed by atoms with Gasteiger partial charge in [0.05, 0.1) is 13.2 Å². The third-order valence-corrected chi connectivity index (χ3v) is 4.66. The summed E-state index contributed by atoms with van der Waals surface area (Å²) in [4.78, 5) is 12.2. The maximum atomic E-state index is 12.2. The lowest BCUT2D eigenvalue weighted by Gasteiger charge is -2.21. The Morgan fingerprint density at radius 2 is 1.14 bits per heavy atom. The zero-order chi connectivity index (χ0) is 19.6. The van der Waals surface area contributed by atoms with Gasteiger partial charge in [-0.25, -0.2) is 4.79 Å². The van der Waals surface area contributed by atoms with Crippen molar-refractivity contribution in [3.63, 3.8) is 0 Å². The number of methoxy groups -OCH3 is 1. The first-order valence-corrected chi connectivity index (χ1v) is 9.49. The van der Waals surface area contributed by atoms with Gasteiger partial charge in [-0.05, 0) is 16.7 Å². The number of hydrogen-bond donors (Lipinski definition) is 2. The molecule has 0 amide bonds. The lowest BCUT2D eigenvalue weighted by Crippen LogP contribution is -2.36. The van der Waals surface area contributed by atoms with Crippen molar-refractivity contribution in [3.05, 3.63) is 108 Å². The van der Waals surface area contributed by atoms with Crippen LogP contribution in [0.4, 0.5) is 0 Å². The van der Waals surface area contributed by atoms with Crippen LogP contribution in [-0.2, 0) is 9.53 Å². The fourth-order valence-electron chi connectivity index (χ4n) is 3.25. The molecular weight excluding hydrogens is 348 g/mol. The van der Waals surface area contributed by atoms with Crippen LogP contribution in [0.25, 0.3) is 0 Å². The van der Waals surface area contributed by atoms with Crippen molar-refractivity contribution in [1.29, 1.82) is 0 Å². The lowest BCUT2D eigenvalue weighted by atomic mass is 9.99. The Hall–Kier alpha value is -2.95. The zero-order valence-electron chi connectivity index (χ0n) is 16.0. The quantitative estimate of drug-likeness (QED) is 0.441. The Morgan fingerprint density at radius 1 is 0.714 bits per heavy atom. The van der Waals surface area contributed by atoms with Crippen LogP contribution in [0.5, 0.6) is 0 Å². The largest absolute Gasteiger partial charge is 0.468 e. The molecule has 28 heavy (non-hydrogen) atoms. The van der Waals surface area contributed by atoms with E-state index in [1.54, 1.807) is 0 Å². The summed E-state index contributed by atoms with van der Waals surface area (Å²) >= 11 is 0. The van der Waals surface area contributed by atoms with Crippen LogP contribution in [0, 0.1) is 0 Å². The predicted octanol–water partition coefficient (Wildman–Crippen LogP) is 3.87. The van der Waals surface area contributed by atoms with E-state index < -0.39 is 6.04 Å². The molecule has 0 heterocycles. The van der Waals surface area contributed by atoms with Crippen molar-refractivity contribution >= 4 is 5.97 Å². The van der Waals surface area contributed by atoms with Gasteiger partial charge in [0, 0.05) is 13.1 Å². The maximum Gasteiger partial charge on any atom is 0.327 e. The van der Waals surface area contributed by atoms with Gasteiger partial charge in [0.25, 0.3) is 0 Å². The van der Waals surface area contributed by atoms with Crippen molar-refractivity contribution in [2.45, 2.75) is 12.1 Å². The lowest BCUT2D eigenvalue weighted by molar-refractivity contribution is -0.143. The van der Waals surface area contributed by atoms with Crippen molar-refractivity contribution < 1.29 is 9.53 Å². The number of nitrogens with one attached hydrogen (secondary N) is 2.